The monoisotopic (exact) mass is 349 g/mol. The van der Waals surface area contributed by atoms with Gasteiger partial charge in [-0.1, -0.05) is 13.8 Å². The zero-order valence-electron chi connectivity index (χ0n) is 15.6. The van der Waals surface area contributed by atoms with Crippen LogP contribution in [0.1, 0.15) is 25.6 Å². The highest BCUT2D eigenvalue weighted by molar-refractivity contribution is 5.78. The molecule has 0 saturated carbocycles. The van der Waals surface area contributed by atoms with Gasteiger partial charge in [-0.05, 0) is 0 Å². The molecule has 7 nitrogen and oxygen atoms in total. The second kappa shape index (κ2) is 8.78. The second-order valence-corrected chi connectivity index (χ2v) is 7.24. The minimum Gasteiger partial charge on any atom is -0.378 e. The van der Waals surface area contributed by atoms with Crippen LogP contribution in [0.15, 0.2) is 12.4 Å². The normalized spacial score (nSPS) is 20.4. The van der Waals surface area contributed by atoms with Gasteiger partial charge < -0.3 is 14.2 Å². The van der Waals surface area contributed by atoms with E-state index in [0.29, 0.717) is 25.7 Å². The molecule has 0 N–H and O–H groups in total. The first-order valence-electron chi connectivity index (χ1n) is 9.45. The number of rotatable bonds is 6. The van der Waals surface area contributed by atoms with Gasteiger partial charge in [-0.3, -0.25) is 14.6 Å². The van der Waals surface area contributed by atoms with Crippen molar-refractivity contribution in [3.8, 4) is 0 Å². The van der Waals surface area contributed by atoms with Crippen LogP contribution in [-0.4, -0.2) is 95.7 Å². The van der Waals surface area contributed by atoms with E-state index in [4.69, 9.17) is 4.74 Å². The number of nitrogens with zero attached hydrogens (tertiary/aromatic N) is 5. The first-order valence-corrected chi connectivity index (χ1v) is 9.45. The number of imidazole rings is 1. The first-order chi connectivity index (χ1) is 12.1. The molecule has 1 aromatic rings. The lowest BCUT2D eigenvalue weighted by Crippen LogP contribution is -2.51. The Kier molecular flexibility index (Phi) is 6.45. The summed E-state index contributed by atoms with van der Waals surface area (Å²) in [6.45, 7) is 13.8. The van der Waals surface area contributed by atoms with Crippen LogP contribution in [0.4, 0.5) is 0 Å². The molecule has 7 heteroatoms. The number of morpholine rings is 1. The highest BCUT2D eigenvalue weighted by Crippen LogP contribution is 2.12. The summed E-state index contributed by atoms with van der Waals surface area (Å²) in [5, 5.41) is 0. The molecule has 2 aliphatic heterocycles. The van der Waals surface area contributed by atoms with Gasteiger partial charge >= 0.3 is 0 Å². The van der Waals surface area contributed by atoms with E-state index in [1.807, 2.05) is 11.1 Å². The van der Waals surface area contributed by atoms with Crippen LogP contribution < -0.4 is 0 Å². The van der Waals surface area contributed by atoms with Crippen LogP contribution in [-0.2, 0) is 16.1 Å². The summed E-state index contributed by atoms with van der Waals surface area (Å²) in [5.74, 6) is 1.87. The van der Waals surface area contributed by atoms with E-state index in [1.165, 1.54) is 0 Å². The van der Waals surface area contributed by atoms with Gasteiger partial charge in [0.15, 0.2) is 0 Å². The van der Waals surface area contributed by atoms with Crippen molar-refractivity contribution in [2.45, 2.75) is 26.3 Å². The molecule has 25 heavy (non-hydrogen) atoms. The van der Waals surface area contributed by atoms with E-state index in [-0.39, 0.29) is 5.91 Å². The molecule has 140 valence electrons. The van der Waals surface area contributed by atoms with Crippen molar-refractivity contribution in [1.82, 2.24) is 24.3 Å². The van der Waals surface area contributed by atoms with Gasteiger partial charge in [0, 0.05) is 70.7 Å². The molecular formula is C18H31N5O2. The summed E-state index contributed by atoms with van der Waals surface area (Å²) in [5.41, 5.74) is 0. The Morgan fingerprint density at radius 1 is 1.08 bits per heavy atom. The number of ether oxygens (including phenoxy) is 1. The summed E-state index contributed by atoms with van der Waals surface area (Å²) in [4.78, 5) is 23.5. The average Bonchev–Trinajstić information content (AvgIpc) is 3.11. The molecule has 1 aromatic heterocycles. The zero-order chi connectivity index (χ0) is 17.6. The first kappa shape index (κ1) is 18.4. The number of hydrogen-bond donors (Lipinski definition) is 0. The Balaban J connectivity index is 1.38. The van der Waals surface area contributed by atoms with E-state index >= 15 is 0 Å². The maximum Gasteiger partial charge on any atom is 0.236 e. The number of hydrogen-bond acceptors (Lipinski definition) is 5. The Morgan fingerprint density at radius 2 is 1.76 bits per heavy atom. The number of piperazine rings is 1. The van der Waals surface area contributed by atoms with Crippen molar-refractivity contribution in [3.05, 3.63) is 18.2 Å². The molecule has 0 bridgehead atoms. The molecule has 2 aliphatic rings. The van der Waals surface area contributed by atoms with E-state index in [9.17, 15) is 4.79 Å². The third-order valence-corrected chi connectivity index (χ3v) is 5.11. The van der Waals surface area contributed by atoms with Crippen LogP contribution in [0.5, 0.6) is 0 Å². The van der Waals surface area contributed by atoms with Gasteiger partial charge in [-0.15, -0.1) is 0 Å². The molecule has 0 atom stereocenters. The smallest absolute Gasteiger partial charge is 0.236 e. The summed E-state index contributed by atoms with van der Waals surface area (Å²) in [7, 11) is 0. The van der Waals surface area contributed by atoms with E-state index in [0.717, 1.165) is 58.2 Å². The molecular weight excluding hydrogens is 318 g/mol. The van der Waals surface area contributed by atoms with Gasteiger partial charge in [-0.25, -0.2) is 4.98 Å². The Hall–Kier alpha value is -1.44. The number of aromatic nitrogens is 2. The number of carbonyl (C=O) groups is 1. The minimum absolute atomic E-state index is 0.247. The standard InChI is InChI=1S/C18H31N5O2/c1-16(2)18-19-3-4-23(18)10-9-20-5-7-21(8-6-20)15-17(24)22-11-13-25-14-12-22/h3-4,16H,5-15H2,1-2H3. The van der Waals surface area contributed by atoms with Gasteiger partial charge in [0.2, 0.25) is 5.91 Å². The Morgan fingerprint density at radius 3 is 2.44 bits per heavy atom. The van der Waals surface area contributed by atoms with Crippen LogP contribution >= 0.6 is 0 Å². The highest BCUT2D eigenvalue weighted by atomic mass is 16.5. The third-order valence-electron chi connectivity index (χ3n) is 5.11. The molecule has 0 spiro atoms. The van der Waals surface area contributed by atoms with E-state index < -0.39 is 0 Å². The quantitative estimate of drug-likeness (QED) is 0.748. The van der Waals surface area contributed by atoms with Gasteiger partial charge in [0.05, 0.1) is 19.8 Å². The summed E-state index contributed by atoms with van der Waals surface area (Å²) >= 11 is 0. The molecule has 1 amide bonds. The van der Waals surface area contributed by atoms with Crippen molar-refractivity contribution in [2.24, 2.45) is 0 Å². The molecule has 2 saturated heterocycles. The van der Waals surface area contributed by atoms with E-state index in [2.05, 4.69) is 39.4 Å². The van der Waals surface area contributed by atoms with Crippen molar-refractivity contribution < 1.29 is 9.53 Å². The van der Waals surface area contributed by atoms with Crippen molar-refractivity contribution in [2.75, 3.05) is 65.6 Å². The molecule has 3 heterocycles. The SMILES string of the molecule is CC(C)c1nccn1CCN1CCN(CC(=O)N2CCOCC2)CC1. The Labute approximate surface area is 150 Å². The summed E-state index contributed by atoms with van der Waals surface area (Å²) in [6, 6.07) is 0. The van der Waals surface area contributed by atoms with Gasteiger partial charge in [0.1, 0.15) is 5.82 Å². The second-order valence-electron chi connectivity index (χ2n) is 7.24. The number of amides is 1. The third kappa shape index (κ3) is 5.03. The largest absolute Gasteiger partial charge is 0.378 e. The van der Waals surface area contributed by atoms with E-state index in [1.54, 1.807) is 0 Å². The van der Waals surface area contributed by atoms with Crippen LogP contribution in [0.25, 0.3) is 0 Å². The Bertz CT molecular complexity index is 545. The average molecular weight is 349 g/mol. The minimum atomic E-state index is 0.247. The topological polar surface area (TPSA) is 53.8 Å². The van der Waals surface area contributed by atoms with Crippen molar-refractivity contribution >= 4 is 5.91 Å². The van der Waals surface area contributed by atoms with Crippen molar-refractivity contribution in [3.63, 3.8) is 0 Å². The van der Waals surface area contributed by atoms with Crippen LogP contribution in [0.2, 0.25) is 0 Å². The predicted octanol–water partition coefficient (Wildman–Crippen LogP) is 0.483. The highest BCUT2D eigenvalue weighted by Gasteiger charge is 2.23. The van der Waals surface area contributed by atoms with Gasteiger partial charge in [0.25, 0.3) is 0 Å². The molecule has 0 aliphatic carbocycles. The fraction of sp³-hybridized carbons (Fsp3) is 0.778. The lowest BCUT2D eigenvalue weighted by atomic mass is 10.2. The predicted molar refractivity (Wildman–Crippen MR) is 96.6 cm³/mol. The lowest BCUT2D eigenvalue weighted by molar-refractivity contribution is -0.136. The molecule has 2 fully saturated rings. The summed E-state index contributed by atoms with van der Waals surface area (Å²) in [6.07, 6.45) is 3.97. The molecule has 3 rings (SSSR count). The fourth-order valence-corrected chi connectivity index (χ4v) is 3.53. The zero-order valence-corrected chi connectivity index (χ0v) is 15.6. The van der Waals surface area contributed by atoms with Crippen LogP contribution in [0, 0.1) is 0 Å². The molecule has 0 radical (unpaired) electrons. The van der Waals surface area contributed by atoms with Gasteiger partial charge in [-0.2, -0.15) is 0 Å². The molecule has 0 unspecified atom stereocenters. The van der Waals surface area contributed by atoms with Crippen molar-refractivity contribution in [1.29, 1.82) is 0 Å². The fourth-order valence-electron chi connectivity index (χ4n) is 3.53. The molecule has 0 aromatic carbocycles. The van der Waals surface area contributed by atoms with Crippen LogP contribution in [0.3, 0.4) is 0 Å². The number of carbonyl (C=O) groups excluding carboxylic acids is 1. The maximum atomic E-state index is 12.3. The lowest BCUT2D eigenvalue weighted by Gasteiger charge is -2.36. The summed E-state index contributed by atoms with van der Waals surface area (Å²) < 4.78 is 7.58. The maximum absolute atomic E-state index is 12.3.